The van der Waals surface area contributed by atoms with E-state index in [1.54, 1.807) is 11.3 Å². The minimum absolute atomic E-state index is 0.0729. The van der Waals surface area contributed by atoms with Crippen molar-refractivity contribution in [2.45, 2.75) is 18.9 Å². The van der Waals surface area contributed by atoms with Gasteiger partial charge in [-0.3, -0.25) is 0 Å². The number of thiophene rings is 1. The monoisotopic (exact) mass is 299 g/mol. The average molecular weight is 300 g/mol. The molecule has 3 rings (SSSR count). The van der Waals surface area contributed by atoms with Crippen LogP contribution >= 0.6 is 27.3 Å². The Morgan fingerprint density at radius 3 is 3.00 bits per heavy atom. The van der Waals surface area contributed by atoms with Crippen LogP contribution in [0.4, 0.5) is 0 Å². The second kappa shape index (κ2) is 3.94. The van der Waals surface area contributed by atoms with Crippen LogP contribution in [0.25, 0.3) is 10.8 Å². The SMILES string of the molecule is NC(c1noc(-c2sccc2Br)n1)C1CC1. The number of hydrogen-bond donors (Lipinski definition) is 1. The van der Waals surface area contributed by atoms with E-state index < -0.39 is 0 Å². The van der Waals surface area contributed by atoms with Gasteiger partial charge in [0.05, 0.1) is 6.04 Å². The van der Waals surface area contributed by atoms with Gasteiger partial charge in [-0.15, -0.1) is 11.3 Å². The highest BCUT2D eigenvalue weighted by Crippen LogP contribution is 2.39. The maximum absolute atomic E-state index is 6.01. The minimum Gasteiger partial charge on any atom is -0.333 e. The summed E-state index contributed by atoms with van der Waals surface area (Å²) in [6.45, 7) is 0. The molecule has 1 atom stereocenters. The van der Waals surface area contributed by atoms with Gasteiger partial charge in [0.15, 0.2) is 5.82 Å². The number of hydrogen-bond acceptors (Lipinski definition) is 5. The van der Waals surface area contributed by atoms with Gasteiger partial charge in [0.2, 0.25) is 0 Å². The molecule has 0 spiro atoms. The first-order valence-corrected chi connectivity index (χ1v) is 6.75. The molecule has 1 aliphatic rings. The van der Waals surface area contributed by atoms with Crippen molar-refractivity contribution >= 4 is 27.3 Å². The molecule has 1 aliphatic carbocycles. The molecule has 6 heteroatoms. The maximum atomic E-state index is 6.01. The highest BCUT2D eigenvalue weighted by atomic mass is 79.9. The molecule has 16 heavy (non-hydrogen) atoms. The summed E-state index contributed by atoms with van der Waals surface area (Å²) in [5.41, 5.74) is 6.01. The maximum Gasteiger partial charge on any atom is 0.269 e. The van der Waals surface area contributed by atoms with E-state index in [9.17, 15) is 0 Å². The molecule has 2 heterocycles. The molecule has 0 aliphatic heterocycles. The lowest BCUT2D eigenvalue weighted by molar-refractivity contribution is 0.412. The van der Waals surface area contributed by atoms with E-state index in [0.29, 0.717) is 17.6 Å². The summed E-state index contributed by atoms with van der Waals surface area (Å²) in [5.74, 6) is 1.71. The summed E-state index contributed by atoms with van der Waals surface area (Å²) >= 11 is 5.01. The van der Waals surface area contributed by atoms with Gasteiger partial charge in [0.25, 0.3) is 5.89 Å². The van der Waals surface area contributed by atoms with Gasteiger partial charge in [-0.1, -0.05) is 5.16 Å². The lowest BCUT2D eigenvalue weighted by atomic mass is 10.2. The largest absolute Gasteiger partial charge is 0.333 e. The summed E-state index contributed by atoms with van der Waals surface area (Å²) < 4.78 is 6.21. The van der Waals surface area contributed by atoms with Crippen LogP contribution in [-0.4, -0.2) is 10.1 Å². The van der Waals surface area contributed by atoms with Crippen LogP contribution in [0, 0.1) is 5.92 Å². The molecule has 2 aromatic heterocycles. The van der Waals surface area contributed by atoms with Crippen LogP contribution < -0.4 is 5.73 Å². The summed E-state index contributed by atoms with van der Waals surface area (Å²) in [6, 6.07) is 1.89. The first-order valence-electron chi connectivity index (χ1n) is 5.08. The van der Waals surface area contributed by atoms with E-state index >= 15 is 0 Å². The Hall–Kier alpha value is -0.720. The average Bonchev–Trinajstić information content (AvgIpc) is 2.86. The van der Waals surface area contributed by atoms with Gasteiger partial charge in [-0.05, 0) is 46.1 Å². The highest BCUT2D eigenvalue weighted by Gasteiger charge is 2.32. The van der Waals surface area contributed by atoms with Crippen molar-refractivity contribution in [3.05, 3.63) is 21.7 Å². The summed E-state index contributed by atoms with van der Waals surface area (Å²) in [5, 5.41) is 5.93. The van der Waals surface area contributed by atoms with Gasteiger partial charge in [0, 0.05) is 4.47 Å². The van der Waals surface area contributed by atoms with E-state index in [-0.39, 0.29) is 6.04 Å². The number of halogens is 1. The van der Waals surface area contributed by atoms with Gasteiger partial charge < -0.3 is 10.3 Å². The van der Waals surface area contributed by atoms with Crippen LogP contribution in [0.2, 0.25) is 0 Å². The van der Waals surface area contributed by atoms with Gasteiger partial charge in [-0.2, -0.15) is 4.98 Å². The number of rotatable bonds is 3. The molecule has 0 radical (unpaired) electrons. The fourth-order valence-corrected chi connectivity index (χ4v) is 3.04. The fraction of sp³-hybridized carbons (Fsp3) is 0.400. The molecule has 1 saturated carbocycles. The highest BCUT2D eigenvalue weighted by molar-refractivity contribution is 9.10. The zero-order chi connectivity index (χ0) is 11.1. The van der Waals surface area contributed by atoms with Gasteiger partial charge in [-0.25, -0.2) is 0 Å². The first-order chi connectivity index (χ1) is 7.75. The Bertz CT molecular complexity index is 506. The van der Waals surface area contributed by atoms with E-state index in [4.69, 9.17) is 10.3 Å². The van der Waals surface area contributed by atoms with Gasteiger partial charge >= 0.3 is 0 Å². The Kier molecular flexibility index (Phi) is 2.57. The van der Waals surface area contributed by atoms with Gasteiger partial charge in [0.1, 0.15) is 4.88 Å². The zero-order valence-electron chi connectivity index (χ0n) is 8.39. The fourth-order valence-electron chi connectivity index (χ4n) is 1.57. The van der Waals surface area contributed by atoms with Crippen LogP contribution in [0.15, 0.2) is 20.4 Å². The molecule has 1 fully saturated rings. The third-order valence-electron chi connectivity index (χ3n) is 2.68. The molecule has 0 bridgehead atoms. The minimum atomic E-state index is -0.0729. The van der Waals surface area contributed by atoms with Crippen molar-refractivity contribution in [2.24, 2.45) is 11.7 Å². The van der Waals surface area contributed by atoms with Crippen LogP contribution in [-0.2, 0) is 0 Å². The van der Waals surface area contributed by atoms with Crippen LogP contribution in [0.3, 0.4) is 0 Å². The quantitative estimate of drug-likeness (QED) is 0.946. The van der Waals surface area contributed by atoms with Crippen LogP contribution in [0.5, 0.6) is 0 Å². The van der Waals surface area contributed by atoms with Crippen molar-refractivity contribution < 1.29 is 4.52 Å². The molecule has 0 aromatic carbocycles. The predicted octanol–water partition coefficient (Wildman–Crippen LogP) is 2.97. The first kappa shape index (κ1) is 10.4. The zero-order valence-corrected chi connectivity index (χ0v) is 10.8. The topological polar surface area (TPSA) is 64.9 Å². The molecule has 4 nitrogen and oxygen atoms in total. The molecular weight excluding hydrogens is 290 g/mol. The van der Waals surface area contributed by atoms with Crippen molar-refractivity contribution in [3.63, 3.8) is 0 Å². The third-order valence-corrected chi connectivity index (χ3v) is 4.51. The van der Waals surface area contributed by atoms with E-state index in [1.165, 1.54) is 12.8 Å². The normalized spacial score (nSPS) is 17.6. The van der Waals surface area contributed by atoms with Crippen LogP contribution in [0.1, 0.15) is 24.7 Å². The van der Waals surface area contributed by atoms with Crippen molar-refractivity contribution in [1.82, 2.24) is 10.1 Å². The molecule has 0 saturated heterocycles. The second-order valence-electron chi connectivity index (χ2n) is 3.92. The Morgan fingerprint density at radius 2 is 2.38 bits per heavy atom. The van der Waals surface area contributed by atoms with Crippen molar-refractivity contribution in [2.75, 3.05) is 0 Å². The molecule has 2 aromatic rings. The molecule has 84 valence electrons. The number of nitrogens with two attached hydrogens (primary N) is 1. The number of nitrogens with zero attached hydrogens (tertiary/aromatic N) is 2. The van der Waals surface area contributed by atoms with E-state index in [1.807, 2.05) is 11.4 Å². The Labute approximate surface area is 105 Å². The Morgan fingerprint density at radius 1 is 1.56 bits per heavy atom. The Balaban J connectivity index is 1.90. The smallest absolute Gasteiger partial charge is 0.269 e. The van der Waals surface area contributed by atoms with Crippen molar-refractivity contribution in [1.29, 1.82) is 0 Å². The van der Waals surface area contributed by atoms with E-state index in [0.717, 1.165) is 9.35 Å². The third kappa shape index (κ3) is 1.81. The molecule has 0 amide bonds. The standard InChI is InChI=1S/C10H10BrN3OS/c11-6-3-4-16-8(6)10-13-9(14-15-10)7(12)5-1-2-5/h3-5,7H,1-2,12H2. The van der Waals surface area contributed by atoms with E-state index in [2.05, 4.69) is 26.1 Å². The second-order valence-corrected chi connectivity index (χ2v) is 5.69. The number of aromatic nitrogens is 2. The van der Waals surface area contributed by atoms with Crippen molar-refractivity contribution in [3.8, 4) is 10.8 Å². The predicted molar refractivity (Wildman–Crippen MR) is 65.0 cm³/mol. The lowest BCUT2D eigenvalue weighted by Crippen LogP contribution is -2.13. The molecule has 1 unspecified atom stereocenters. The summed E-state index contributed by atoms with van der Waals surface area (Å²) in [6.07, 6.45) is 2.35. The lowest BCUT2D eigenvalue weighted by Gasteiger charge is -2.01. The molecule has 2 N–H and O–H groups in total. The summed E-state index contributed by atoms with van der Waals surface area (Å²) in [4.78, 5) is 5.31. The summed E-state index contributed by atoms with van der Waals surface area (Å²) in [7, 11) is 0. The molecular formula is C10H10BrN3OS.